The van der Waals surface area contributed by atoms with Crippen LogP contribution >= 0.6 is 0 Å². The molecule has 0 amide bonds. The average Bonchev–Trinajstić information content (AvgIpc) is 2.31. The molecule has 3 heteroatoms. The van der Waals surface area contributed by atoms with Crippen LogP contribution in [0, 0.1) is 0 Å². The van der Waals surface area contributed by atoms with E-state index in [1.54, 1.807) is 0 Å². The van der Waals surface area contributed by atoms with Crippen LogP contribution in [-0.2, 0) is 6.54 Å². The molecule has 16 heavy (non-hydrogen) atoms. The van der Waals surface area contributed by atoms with Gasteiger partial charge in [0.15, 0.2) is 0 Å². The Bertz CT molecular complexity index is 338. The minimum Gasteiger partial charge on any atom is -0.367 e. The first kappa shape index (κ1) is 11.4. The number of aromatic nitrogens is 1. The Morgan fingerprint density at radius 2 is 2.38 bits per heavy atom. The lowest BCUT2D eigenvalue weighted by molar-refractivity contribution is 0.483. The van der Waals surface area contributed by atoms with Gasteiger partial charge in [0.25, 0.3) is 0 Å². The van der Waals surface area contributed by atoms with E-state index in [-0.39, 0.29) is 0 Å². The van der Waals surface area contributed by atoms with Gasteiger partial charge in [0, 0.05) is 25.3 Å². The maximum Gasteiger partial charge on any atom is 0.0600 e. The maximum atomic E-state index is 4.27. The van der Waals surface area contributed by atoms with Gasteiger partial charge in [-0.15, -0.1) is 0 Å². The van der Waals surface area contributed by atoms with E-state index in [9.17, 15) is 0 Å². The Labute approximate surface area is 97.9 Å². The molecule has 0 aromatic carbocycles. The van der Waals surface area contributed by atoms with E-state index < -0.39 is 0 Å². The van der Waals surface area contributed by atoms with E-state index in [2.05, 4.69) is 28.2 Å². The average molecular weight is 219 g/mol. The Hall–Kier alpha value is -1.09. The molecule has 0 aliphatic carbocycles. The molecule has 0 spiro atoms. The first-order valence-electron chi connectivity index (χ1n) is 6.17. The molecule has 1 N–H and O–H groups in total. The van der Waals surface area contributed by atoms with Crippen molar-refractivity contribution in [3.05, 3.63) is 24.0 Å². The summed E-state index contributed by atoms with van der Waals surface area (Å²) in [6.07, 6.45) is 7.85. The number of nitrogens with zero attached hydrogens (tertiary/aromatic N) is 2. The monoisotopic (exact) mass is 219 g/mol. The van der Waals surface area contributed by atoms with Crippen LogP contribution in [0.25, 0.3) is 0 Å². The Balaban J connectivity index is 2.23. The molecule has 1 atom stereocenters. The summed E-state index contributed by atoms with van der Waals surface area (Å²) in [7, 11) is 1.99. The van der Waals surface area contributed by atoms with Gasteiger partial charge in [-0.3, -0.25) is 4.98 Å². The van der Waals surface area contributed by atoms with Crippen LogP contribution in [0.15, 0.2) is 18.5 Å². The van der Waals surface area contributed by atoms with Crippen molar-refractivity contribution in [3.63, 3.8) is 0 Å². The molecule has 1 aromatic heterocycles. The Morgan fingerprint density at radius 3 is 3.12 bits per heavy atom. The largest absolute Gasteiger partial charge is 0.367 e. The summed E-state index contributed by atoms with van der Waals surface area (Å²) in [5.41, 5.74) is 2.66. The third-order valence-corrected chi connectivity index (χ3v) is 3.37. The minimum atomic E-state index is 0.647. The molecule has 1 saturated heterocycles. The standard InChI is InChI=1S/C13H21N3/c1-11-5-3-4-8-16(11)13-10-15-7-6-12(13)9-14-2/h6-7,10-11,14H,3-5,8-9H2,1-2H3. The molecule has 1 aliphatic heterocycles. The fraction of sp³-hybridized carbons (Fsp3) is 0.615. The second-order valence-corrected chi connectivity index (χ2v) is 4.57. The highest BCUT2D eigenvalue weighted by molar-refractivity contribution is 5.52. The summed E-state index contributed by atoms with van der Waals surface area (Å²) in [6, 6.07) is 2.77. The van der Waals surface area contributed by atoms with Crippen molar-refractivity contribution in [3.8, 4) is 0 Å². The van der Waals surface area contributed by atoms with Crippen LogP contribution in [0.2, 0.25) is 0 Å². The minimum absolute atomic E-state index is 0.647. The van der Waals surface area contributed by atoms with E-state index in [4.69, 9.17) is 0 Å². The second-order valence-electron chi connectivity index (χ2n) is 4.57. The van der Waals surface area contributed by atoms with Crippen LogP contribution < -0.4 is 10.2 Å². The van der Waals surface area contributed by atoms with Gasteiger partial charge in [0.2, 0.25) is 0 Å². The van der Waals surface area contributed by atoms with Gasteiger partial charge in [-0.1, -0.05) is 0 Å². The van der Waals surface area contributed by atoms with Crippen LogP contribution in [0.4, 0.5) is 5.69 Å². The normalized spacial score (nSPS) is 21.1. The third-order valence-electron chi connectivity index (χ3n) is 3.37. The van der Waals surface area contributed by atoms with E-state index in [0.29, 0.717) is 6.04 Å². The van der Waals surface area contributed by atoms with Crippen molar-refractivity contribution in [2.24, 2.45) is 0 Å². The van der Waals surface area contributed by atoms with E-state index in [1.807, 2.05) is 19.4 Å². The van der Waals surface area contributed by atoms with Crippen LogP contribution in [-0.4, -0.2) is 24.6 Å². The number of pyridine rings is 1. The van der Waals surface area contributed by atoms with Crippen molar-refractivity contribution in [2.75, 3.05) is 18.5 Å². The van der Waals surface area contributed by atoms with Gasteiger partial charge in [-0.05, 0) is 44.9 Å². The van der Waals surface area contributed by atoms with Crippen molar-refractivity contribution in [1.82, 2.24) is 10.3 Å². The van der Waals surface area contributed by atoms with E-state index >= 15 is 0 Å². The predicted octanol–water partition coefficient (Wildman–Crippen LogP) is 2.18. The maximum absolute atomic E-state index is 4.27. The molecule has 2 heterocycles. The lowest BCUT2D eigenvalue weighted by Gasteiger charge is -2.36. The molecule has 2 rings (SSSR count). The summed E-state index contributed by atoms with van der Waals surface area (Å²) in [4.78, 5) is 6.77. The zero-order chi connectivity index (χ0) is 11.4. The highest BCUT2D eigenvalue weighted by Crippen LogP contribution is 2.26. The number of rotatable bonds is 3. The Kier molecular flexibility index (Phi) is 3.78. The quantitative estimate of drug-likeness (QED) is 0.844. The first-order chi connectivity index (χ1) is 7.83. The zero-order valence-corrected chi connectivity index (χ0v) is 10.2. The highest BCUT2D eigenvalue weighted by Gasteiger charge is 2.20. The molecule has 1 fully saturated rings. The van der Waals surface area contributed by atoms with Crippen molar-refractivity contribution >= 4 is 5.69 Å². The molecular weight excluding hydrogens is 198 g/mol. The number of hydrogen-bond acceptors (Lipinski definition) is 3. The second kappa shape index (κ2) is 5.30. The molecular formula is C13H21N3. The molecule has 0 bridgehead atoms. The van der Waals surface area contributed by atoms with E-state index in [0.717, 1.165) is 6.54 Å². The summed E-state index contributed by atoms with van der Waals surface area (Å²) in [6.45, 7) is 4.40. The number of nitrogens with one attached hydrogen (secondary N) is 1. The Morgan fingerprint density at radius 1 is 1.50 bits per heavy atom. The van der Waals surface area contributed by atoms with Crippen LogP contribution in [0.1, 0.15) is 31.7 Å². The van der Waals surface area contributed by atoms with Crippen LogP contribution in [0.3, 0.4) is 0 Å². The molecule has 88 valence electrons. The van der Waals surface area contributed by atoms with Crippen molar-refractivity contribution in [2.45, 2.75) is 38.8 Å². The van der Waals surface area contributed by atoms with E-state index in [1.165, 1.54) is 37.1 Å². The SMILES string of the molecule is CNCc1ccncc1N1CCCCC1C. The third kappa shape index (κ3) is 2.35. The number of anilines is 1. The molecule has 0 saturated carbocycles. The summed E-state index contributed by atoms with van der Waals surface area (Å²) in [5.74, 6) is 0. The van der Waals surface area contributed by atoms with Gasteiger partial charge >= 0.3 is 0 Å². The lowest BCUT2D eigenvalue weighted by atomic mass is 10.0. The topological polar surface area (TPSA) is 28.2 Å². The lowest BCUT2D eigenvalue weighted by Crippen LogP contribution is -2.38. The van der Waals surface area contributed by atoms with Gasteiger partial charge in [-0.2, -0.15) is 0 Å². The fourth-order valence-electron chi connectivity index (χ4n) is 2.47. The van der Waals surface area contributed by atoms with Gasteiger partial charge in [0.1, 0.15) is 0 Å². The summed E-state index contributed by atoms with van der Waals surface area (Å²) in [5, 5.41) is 3.22. The fourth-order valence-corrected chi connectivity index (χ4v) is 2.47. The predicted molar refractivity (Wildman–Crippen MR) is 67.7 cm³/mol. The molecule has 1 aliphatic rings. The van der Waals surface area contributed by atoms with Crippen molar-refractivity contribution in [1.29, 1.82) is 0 Å². The van der Waals surface area contributed by atoms with Gasteiger partial charge < -0.3 is 10.2 Å². The number of hydrogen-bond donors (Lipinski definition) is 1. The van der Waals surface area contributed by atoms with Crippen LogP contribution in [0.5, 0.6) is 0 Å². The smallest absolute Gasteiger partial charge is 0.0600 e. The first-order valence-corrected chi connectivity index (χ1v) is 6.17. The van der Waals surface area contributed by atoms with Gasteiger partial charge in [0.05, 0.1) is 11.9 Å². The molecule has 1 aromatic rings. The zero-order valence-electron chi connectivity index (χ0n) is 10.2. The summed E-state index contributed by atoms with van der Waals surface area (Å²) >= 11 is 0. The van der Waals surface area contributed by atoms with Gasteiger partial charge in [-0.25, -0.2) is 0 Å². The molecule has 1 unspecified atom stereocenters. The molecule has 0 radical (unpaired) electrons. The summed E-state index contributed by atoms with van der Waals surface area (Å²) < 4.78 is 0. The van der Waals surface area contributed by atoms with Crippen molar-refractivity contribution < 1.29 is 0 Å². The highest BCUT2D eigenvalue weighted by atomic mass is 15.2. The molecule has 3 nitrogen and oxygen atoms in total. The number of piperidine rings is 1.